The van der Waals surface area contributed by atoms with Gasteiger partial charge < -0.3 is 14.4 Å². The van der Waals surface area contributed by atoms with E-state index >= 15 is 0 Å². The van der Waals surface area contributed by atoms with Crippen molar-refractivity contribution in [1.82, 2.24) is 4.90 Å². The third-order valence-electron chi connectivity index (χ3n) is 3.96. The van der Waals surface area contributed by atoms with Gasteiger partial charge in [0.15, 0.2) is 13.2 Å². The molecule has 0 spiro atoms. The molecule has 2 rings (SSSR count). The van der Waals surface area contributed by atoms with E-state index in [2.05, 4.69) is 13.8 Å². The Morgan fingerprint density at radius 3 is 2.56 bits per heavy atom. The van der Waals surface area contributed by atoms with E-state index < -0.39 is 17.5 Å². The lowest BCUT2D eigenvalue weighted by Gasteiger charge is -2.34. The summed E-state index contributed by atoms with van der Waals surface area (Å²) >= 11 is 0. The number of piperidine rings is 1. The summed E-state index contributed by atoms with van der Waals surface area (Å²) in [6, 6.07) is 5.50. The van der Waals surface area contributed by atoms with Gasteiger partial charge in [-0.25, -0.2) is 4.79 Å². The number of rotatable bonds is 6. The highest BCUT2D eigenvalue weighted by molar-refractivity contribution is 5.81. The zero-order chi connectivity index (χ0) is 18.4. The van der Waals surface area contributed by atoms with Crippen molar-refractivity contribution in [3.63, 3.8) is 0 Å². The molecule has 8 nitrogen and oxygen atoms in total. The summed E-state index contributed by atoms with van der Waals surface area (Å²) in [5.74, 6) is 0.137. The van der Waals surface area contributed by atoms with Gasteiger partial charge in [-0.2, -0.15) is 0 Å². The highest BCUT2D eigenvalue weighted by Crippen LogP contribution is 2.21. The second-order valence-electron chi connectivity index (χ2n) is 6.45. The molecule has 8 heteroatoms. The van der Waals surface area contributed by atoms with Crippen LogP contribution in [0.15, 0.2) is 24.3 Å². The maximum Gasteiger partial charge on any atom is 0.344 e. The summed E-state index contributed by atoms with van der Waals surface area (Å²) in [5.41, 5.74) is -0.130. The van der Waals surface area contributed by atoms with Crippen LogP contribution in [0.4, 0.5) is 5.69 Å². The largest absolute Gasteiger partial charge is 0.482 e. The number of nitro groups is 1. The van der Waals surface area contributed by atoms with Crippen LogP contribution in [-0.4, -0.2) is 48.0 Å². The van der Waals surface area contributed by atoms with E-state index in [0.29, 0.717) is 24.9 Å². The highest BCUT2D eigenvalue weighted by atomic mass is 16.6. The SMILES string of the molecule is C[C@H]1C[C@H](C)CN(C(=O)COC(=O)COc2cccc([N+](=O)[O-])c2)C1. The van der Waals surface area contributed by atoms with Gasteiger partial charge in [0.2, 0.25) is 0 Å². The van der Waals surface area contributed by atoms with E-state index in [0.717, 1.165) is 6.42 Å². The van der Waals surface area contributed by atoms with Crippen LogP contribution in [0.5, 0.6) is 5.75 Å². The summed E-state index contributed by atoms with van der Waals surface area (Å²) in [6.45, 7) is 4.79. The van der Waals surface area contributed by atoms with Crippen molar-refractivity contribution in [2.75, 3.05) is 26.3 Å². The molecule has 1 saturated heterocycles. The number of carbonyl (C=O) groups is 2. The molecule has 1 heterocycles. The van der Waals surface area contributed by atoms with Crippen molar-refractivity contribution in [1.29, 1.82) is 0 Å². The maximum absolute atomic E-state index is 12.1. The van der Waals surface area contributed by atoms with E-state index in [-0.39, 0.29) is 24.0 Å². The van der Waals surface area contributed by atoms with Gasteiger partial charge in [-0.05, 0) is 24.3 Å². The lowest BCUT2D eigenvalue weighted by Crippen LogP contribution is -2.44. The third kappa shape index (κ3) is 5.74. The number of hydrogen-bond acceptors (Lipinski definition) is 6. The van der Waals surface area contributed by atoms with Gasteiger partial charge in [-0.3, -0.25) is 14.9 Å². The number of hydrogen-bond donors (Lipinski definition) is 0. The van der Waals surface area contributed by atoms with Crippen LogP contribution in [0.2, 0.25) is 0 Å². The van der Waals surface area contributed by atoms with Gasteiger partial charge in [-0.1, -0.05) is 19.9 Å². The Morgan fingerprint density at radius 2 is 1.92 bits per heavy atom. The number of amides is 1. The molecule has 1 aliphatic rings. The van der Waals surface area contributed by atoms with E-state index in [1.165, 1.54) is 24.3 Å². The topological polar surface area (TPSA) is 99.0 Å². The summed E-state index contributed by atoms with van der Waals surface area (Å²) in [6.07, 6.45) is 1.08. The first kappa shape index (κ1) is 18.7. The van der Waals surface area contributed by atoms with E-state index in [4.69, 9.17) is 9.47 Å². The number of nitrogens with zero attached hydrogens (tertiary/aromatic N) is 2. The number of likely N-dealkylation sites (tertiary alicyclic amines) is 1. The molecule has 0 saturated carbocycles. The van der Waals surface area contributed by atoms with Crippen LogP contribution in [0.1, 0.15) is 20.3 Å². The van der Waals surface area contributed by atoms with Crippen molar-refractivity contribution >= 4 is 17.6 Å². The Hall–Kier alpha value is -2.64. The molecule has 2 atom stereocenters. The Labute approximate surface area is 145 Å². The van der Waals surface area contributed by atoms with E-state index in [1.54, 1.807) is 4.90 Å². The first-order chi connectivity index (χ1) is 11.8. The normalized spacial score (nSPS) is 20.0. The number of carbonyl (C=O) groups excluding carboxylic acids is 2. The van der Waals surface area contributed by atoms with Gasteiger partial charge in [0.05, 0.1) is 11.0 Å². The predicted molar refractivity (Wildman–Crippen MR) is 89.1 cm³/mol. The van der Waals surface area contributed by atoms with Crippen LogP contribution >= 0.6 is 0 Å². The van der Waals surface area contributed by atoms with Crippen LogP contribution in [0.25, 0.3) is 0 Å². The standard InChI is InChI=1S/C17H22N2O6/c1-12-6-13(2)9-18(8-12)16(20)10-25-17(21)11-24-15-5-3-4-14(7-15)19(22)23/h3-5,7,12-13H,6,8-11H2,1-2H3/t12-,13-/m0/s1. The van der Waals surface area contributed by atoms with Crippen molar-refractivity contribution in [2.45, 2.75) is 20.3 Å². The second-order valence-corrected chi connectivity index (χ2v) is 6.45. The summed E-state index contributed by atoms with van der Waals surface area (Å²) in [7, 11) is 0. The summed E-state index contributed by atoms with van der Waals surface area (Å²) < 4.78 is 10.1. The number of non-ortho nitro benzene ring substituents is 1. The Balaban J connectivity index is 1.76. The molecule has 1 aliphatic heterocycles. The van der Waals surface area contributed by atoms with Gasteiger partial charge in [-0.15, -0.1) is 0 Å². The molecule has 1 aromatic carbocycles. The second kappa shape index (κ2) is 8.46. The number of nitro benzene ring substituents is 1. The average Bonchev–Trinajstić information content (AvgIpc) is 2.57. The lowest BCUT2D eigenvalue weighted by atomic mass is 9.92. The average molecular weight is 350 g/mol. The molecular formula is C17H22N2O6. The Kier molecular flexibility index (Phi) is 6.32. The molecule has 0 bridgehead atoms. The van der Waals surface area contributed by atoms with E-state index in [9.17, 15) is 19.7 Å². The fraction of sp³-hybridized carbons (Fsp3) is 0.529. The monoisotopic (exact) mass is 350 g/mol. The minimum atomic E-state index is -0.696. The molecule has 0 aliphatic carbocycles. The van der Waals surface area contributed by atoms with Crippen molar-refractivity contribution in [3.8, 4) is 5.75 Å². The van der Waals surface area contributed by atoms with Gasteiger partial charge in [0.1, 0.15) is 5.75 Å². The first-order valence-electron chi connectivity index (χ1n) is 8.15. The fourth-order valence-corrected chi connectivity index (χ4v) is 2.97. The fourth-order valence-electron chi connectivity index (χ4n) is 2.97. The van der Waals surface area contributed by atoms with Gasteiger partial charge in [0, 0.05) is 19.2 Å². The van der Waals surface area contributed by atoms with Gasteiger partial charge in [0.25, 0.3) is 11.6 Å². The molecule has 25 heavy (non-hydrogen) atoms. The quantitative estimate of drug-likeness (QED) is 0.442. The zero-order valence-electron chi connectivity index (χ0n) is 14.3. The van der Waals surface area contributed by atoms with Gasteiger partial charge >= 0.3 is 5.97 Å². The minimum Gasteiger partial charge on any atom is -0.482 e. The van der Waals surface area contributed by atoms with E-state index in [1.807, 2.05) is 0 Å². The van der Waals surface area contributed by atoms with Crippen molar-refractivity contribution < 1.29 is 24.0 Å². The maximum atomic E-state index is 12.1. The predicted octanol–water partition coefficient (Wildman–Crippen LogP) is 2.02. The summed E-state index contributed by atoms with van der Waals surface area (Å²) in [5, 5.41) is 10.7. The Bertz CT molecular complexity index is 638. The van der Waals surface area contributed by atoms with Crippen LogP contribution in [0, 0.1) is 22.0 Å². The Morgan fingerprint density at radius 1 is 1.24 bits per heavy atom. The van der Waals surface area contributed by atoms with Crippen molar-refractivity contribution in [3.05, 3.63) is 34.4 Å². The third-order valence-corrected chi connectivity index (χ3v) is 3.96. The number of benzene rings is 1. The van der Waals surface area contributed by atoms with Crippen LogP contribution in [0.3, 0.4) is 0 Å². The first-order valence-corrected chi connectivity index (χ1v) is 8.15. The number of ether oxygens (including phenoxy) is 2. The molecule has 1 fully saturated rings. The molecule has 0 N–H and O–H groups in total. The van der Waals surface area contributed by atoms with Crippen LogP contribution < -0.4 is 4.74 Å². The highest BCUT2D eigenvalue weighted by Gasteiger charge is 2.25. The van der Waals surface area contributed by atoms with Crippen molar-refractivity contribution in [2.24, 2.45) is 11.8 Å². The smallest absolute Gasteiger partial charge is 0.344 e. The molecule has 136 valence electrons. The van der Waals surface area contributed by atoms with Crippen LogP contribution in [-0.2, 0) is 14.3 Å². The molecule has 0 unspecified atom stereocenters. The summed E-state index contributed by atoms with van der Waals surface area (Å²) in [4.78, 5) is 35.7. The molecule has 0 radical (unpaired) electrons. The molecular weight excluding hydrogens is 328 g/mol. The molecule has 0 aromatic heterocycles. The zero-order valence-corrected chi connectivity index (χ0v) is 14.3. The number of esters is 1. The molecule has 1 amide bonds. The molecule has 1 aromatic rings. The minimum absolute atomic E-state index is 0.130. The lowest BCUT2D eigenvalue weighted by molar-refractivity contribution is -0.384.